The van der Waals surface area contributed by atoms with Crippen molar-refractivity contribution >= 4 is 11.9 Å². The molecule has 0 aliphatic heterocycles. The zero-order valence-electron chi connectivity index (χ0n) is 20.0. The van der Waals surface area contributed by atoms with E-state index in [4.69, 9.17) is 19.8 Å². The monoisotopic (exact) mass is 404 g/mol. The fourth-order valence-electron chi connectivity index (χ4n) is 3.91. The molecule has 0 saturated carbocycles. The first kappa shape index (κ1) is 31.6. The number of rotatable bonds is 12. The van der Waals surface area contributed by atoms with E-state index in [2.05, 4.69) is 55.6 Å². The molecule has 0 radical (unpaired) electrons. The van der Waals surface area contributed by atoms with Crippen molar-refractivity contribution in [3.63, 3.8) is 0 Å². The summed E-state index contributed by atoms with van der Waals surface area (Å²) in [5.74, 6) is -4.37. The van der Waals surface area contributed by atoms with Crippen LogP contribution in [0.15, 0.2) is 0 Å². The highest BCUT2D eigenvalue weighted by Crippen LogP contribution is 2.07. The topological polar surface area (TPSA) is 80.3 Å². The Balaban J connectivity index is -0.000000351. The predicted octanol–water partition coefficient (Wildman–Crippen LogP) is 1.81. The first-order valence-corrected chi connectivity index (χ1v) is 11.1. The van der Waals surface area contributed by atoms with Crippen LogP contribution in [-0.4, -0.2) is 74.3 Å². The lowest BCUT2D eigenvalue weighted by molar-refractivity contribution is -0.909. The highest BCUT2D eigenvalue weighted by atomic mass is 16.4. The van der Waals surface area contributed by atoms with Crippen LogP contribution in [0.1, 0.15) is 80.1 Å². The second kappa shape index (κ2) is 19.2. The van der Waals surface area contributed by atoms with E-state index in [1.54, 1.807) is 0 Å². The van der Waals surface area contributed by atoms with Crippen LogP contribution in [-0.2, 0) is 9.59 Å². The molecule has 0 rings (SSSR count). The molecule has 0 aromatic heterocycles. The van der Waals surface area contributed by atoms with Gasteiger partial charge in [0.25, 0.3) is 0 Å². The van der Waals surface area contributed by atoms with Gasteiger partial charge in [-0.15, -0.1) is 0 Å². The number of hydrogen-bond donors (Lipinski definition) is 0. The lowest BCUT2D eigenvalue weighted by Crippen LogP contribution is -2.45. The number of nitrogens with zero attached hydrogens (tertiary/aromatic N) is 2. The van der Waals surface area contributed by atoms with Gasteiger partial charge in [-0.3, -0.25) is 0 Å². The highest BCUT2D eigenvalue weighted by molar-refractivity contribution is 6.25. The largest absolute Gasteiger partial charge is 0.543 e. The Labute approximate surface area is 174 Å². The number of carboxylic acid groups (broad SMARTS) is 2. The van der Waals surface area contributed by atoms with Gasteiger partial charge in [0, 0.05) is 0 Å². The number of carbonyl (C=O) groups is 2. The molecule has 0 amide bonds. The van der Waals surface area contributed by atoms with Gasteiger partial charge in [-0.05, 0) is 38.5 Å². The minimum absolute atomic E-state index is 1.28. The Hall–Kier alpha value is -1.14. The summed E-state index contributed by atoms with van der Waals surface area (Å²) >= 11 is 0. The lowest BCUT2D eigenvalue weighted by Gasteiger charge is -2.33. The van der Waals surface area contributed by atoms with Gasteiger partial charge in [-0.2, -0.15) is 0 Å². The molecule has 0 fully saturated rings. The molecule has 6 heteroatoms. The van der Waals surface area contributed by atoms with Crippen LogP contribution in [0.4, 0.5) is 0 Å². The maximum atomic E-state index is 8.93. The number of hydrogen-bond acceptors (Lipinski definition) is 4. The molecule has 0 aliphatic rings. The SMILES string of the molecule is CCC[N+](C)(CCC)CCC.CCC[N+](C)(CCC)CCC.O=C([O-])C(=O)[O-]. The molecule has 0 saturated heterocycles. The van der Waals surface area contributed by atoms with Crippen LogP contribution in [0.5, 0.6) is 0 Å². The molecule has 28 heavy (non-hydrogen) atoms. The first-order chi connectivity index (χ1) is 13.0. The molecule has 0 aliphatic carbocycles. The zero-order chi connectivity index (χ0) is 22.6. The summed E-state index contributed by atoms with van der Waals surface area (Å²) in [4.78, 5) is 17.9. The van der Waals surface area contributed by atoms with Crippen molar-refractivity contribution in [1.82, 2.24) is 0 Å². The number of carboxylic acids is 2. The van der Waals surface area contributed by atoms with E-state index in [0.29, 0.717) is 0 Å². The summed E-state index contributed by atoms with van der Waals surface area (Å²) in [6.07, 6.45) is 7.90. The quantitative estimate of drug-likeness (QED) is 0.367. The first-order valence-electron chi connectivity index (χ1n) is 11.1. The third-order valence-corrected chi connectivity index (χ3v) is 4.75. The maximum absolute atomic E-state index is 8.93. The maximum Gasteiger partial charge on any atom is 0.0870 e. The minimum Gasteiger partial charge on any atom is -0.543 e. The summed E-state index contributed by atoms with van der Waals surface area (Å²) in [6, 6.07) is 0. The average molecular weight is 405 g/mol. The standard InChI is InChI=1S/2C10H24N.C2H2O4/c2*1-5-8-11(4,9-6-2)10-7-3;3-1(4)2(5)6/h2*5-10H2,1-4H3;(H,3,4)(H,5,6)/q2*+1;/p-2. The Bertz CT molecular complexity index is 317. The normalized spacial score (nSPS) is 11.0. The van der Waals surface area contributed by atoms with Gasteiger partial charge in [0.15, 0.2) is 0 Å². The van der Waals surface area contributed by atoms with Crippen molar-refractivity contribution in [1.29, 1.82) is 0 Å². The van der Waals surface area contributed by atoms with Gasteiger partial charge in [-0.1, -0.05) is 41.5 Å². The molecule has 0 heterocycles. The molecular weight excluding hydrogens is 356 g/mol. The van der Waals surface area contributed by atoms with Crippen molar-refractivity contribution in [2.24, 2.45) is 0 Å². The van der Waals surface area contributed by atoms with Gasteiger partial charge in [0.2, 0.25) is 0 Å². The molecule has 170 valence electrons. The fraction of sp³-hybridized carbons (Fsp3) is 0.909. The molecule has 0 N–H and O–H groups in total. The van der Waals surface area contributed by atoms with Crippen LogP contribution < -0.4 is 10.2 Å². The summed E-state index contributed by atoms with van der Waals surface area (Å²) in [7, 11) is 4.77. The van der Waals surface area contributed by atoms with Crippen LogP contribution in [0.3, 0.4) is 0 Å². The van der Waals surface area contributed by atoms with Gasteiger partial charge >= 0.3 is 0 Å². The van der Waals surface area contributed by atoms with Crippen molar-refractivity contribution in [2.45, 2.75) is 80.1 Å². The summed E-state index contributed by atoms with van der Waals surface area (Å²) in [6.45, 7) is 21.8. The van der Waals surface area contributed by atoms with Gasteiger partial charge < -0.3 is 28.8 Å². The van der Waals surface area contributed by atoms with Crippen LogP contribution in [0.25, 0.3) is 0 Å². The fourth-order valence-corrected chi connectivity index (χ4v) is 3.91. The van der Waals surface area contributed by atoms with E-state index < -0.39 is 11.9 Å². The van der Waals surface area contributed by atoms with E-state index in [9.17, 15) is 0 Å². The zero-order valence-corrected chi connectivity index (χ0v) is 20.0. The van der Waals surface area contributed by atoms with Crippen molar-refractivity contribution < 1.29 is 28.8 Å². The molecule has 0 unspecified atom stereocenters. The third kappa shape index (κ3) is 19.6. The molecular formula is C22H48N2O4. The molecule has 0 aromatic rings. The number of quaternary nitrogens is 2. The number of carbonyl (C=O) groups excluding carboxylic acids is 2. The summed E-state index contributed by atoms with van der Waals surface area (Å²) in [5, 5.41) is 17.9. The van der Waals surface area contributed by atoms with Crippen molar-refractivity contribution in [3.8, 4) is 0 Å². The smallest absolute Gasteiger partial charge is 0.0870 e. The van der Waals surface area contributed by atoms with Gasteiger partial charge in [0.1, 0.15) is 0 Å². The van der Waals surface area contributed by atoms with Crippen LogP contribution >= 0.6 is 0 Å². The second-order valence-electron chi connectivity index (χ2n) is 8.16. The van der Waals surface area contributed by atoms with Crippen molar-refractivity contribution in [2.75, 3.05) is 53.4 Å². The Kier molecular flexibility index (Phi) is 21.6. The summed E-state index contributed by atoms with van der Waals surface area (Å²) < 4.78 is 2.56. The highest BCUT2D eigenvalue weighted by Gasteiger charge is 2.17. The Morgan fingerprint density at radius 3 is 0.714 bits per heavy atom. The van der Waals surface area contributed by atoms with E-state index in [1.807, 2.05) is 0 Å². The van der Waals surface area contributed by atoms with E-state index in [0.717, 1.165) is 0 Å². The predicted molar refractivity (Wildman–Crippen MR) is 113 cm³/mol. The molecule has 0 spiro atoms. The molecule has 0 aromatic carbocycles. The third-order valence-electron chi connectivity index (χ3n) is 4.75. The lowest BCUT2D eigenvalue weighted by atomic mass is 10.2. The van der Waals surface area contributed by atoms with Gasteiger partial charge in [0.05, 0.1) is 65.3 Å². The van der Waals surface area contributed by atoms with Crippen molar-refractivity contribution in [3.05, 3.63) is 0 Å². The number of aliphatic carboxylic acids is 2. The minimum atomic E-state index is -2.19. The van der Waals surface area contributed by atoms with Gasteiger partial charge in [-0.25, -0.2) is 0 Å². The Morgan fingerprint density at radius 1 is 0.500 bits per heavy atom. The van der Waals surface area contributed by atoms with E-state index in [-0.39, 0.29) is 0 Å². The molecule has 6 nitrogen and oxygen atoms in total. The molecule has 0 bridgehead atoms. The average Bonchev–Trinajstić information content (AvgIpc) is 2.57. The van der Waals surface area contributed by atoms with E-state index >= 15 is 0 Å². The molecule has 0 atom stereocenters. The summed E-state index contributed by atoms with van der Waals surface area (Å²) in [5.41, 5.74) is 0. The van der Waals surface area contributed by atoms with Crippen LogP contribution in [0, 0.1) is 0 Å². The van der Waals surface area contributed by atoms with E-state index in [1.165, 1.54) is 86.8 Å². The van der Waals surface area contributed by atoms with Crippen LogP contribution in [0.2, 0.25) is 0 Å². The second-order valence-corrected chi connectivity index (χ2v) is 8.16. The Morgan fingerprint density at radius 2 is 0.643 bits per heavy atom.